The Hall–Kier alpha value is -4.12. The first-order valence-electron chi connectivity index (χ1n) is 10.2. The smallest absolute Gasteiger partial charge is 0.407 e. The predicted molar refractivity (Wildman–Crippen MR) is 123 cm³/mol. The summed E-state index contributed by atoms with van der Waals surface area (Å²) in [4.78, 5) is 15.9. The van der Waals surface area contributed by atoms with Gasteiger partial charge in [-0.1, -0.05) is 29.4 Å². The minimum absolute atomic E-state index is 0.0339. The van der Waals surface area contributed by atoms with Crippen LogP contribution in [0.25, 0.3) is 22.6 Å². The second-order valence-corrected chi connectivity index (χ2v) is 9.03. The first kappa shape index (κ1) is 23.1. The number of amides is 1. The Bertz CT molecular complexity index is 1430. The van der Waals surface area contributed by atoms with E-state index in [-0.39, 0.29) is 17.3 Å². The molecule has 4 rings (SSSR count). The minimum atomic E-state index is -4.03. The van der Waals surface area contributed by atoms with Crippen LogP contribution in [0, 0.1) is 13.8 Å². The number of oxazole rings is 1. The van der Waals surface area contributed by atoms with Gasteiger partial charge < -0.3 is 19.0 Å². The van der Waals surface area contributed by atoms with Crippen molar-refractivity contribution in [3.05, 3.63) is 71.7 Å². The zero-order valence-electron chi connectivity index (χ0n) is 18.7. The third-order valence-electron chi connectivity index (χ3n) is 5.24. The van der Waals surface area contributed by atoms with Crippen LogP contribution in [-0.4, -0.2) is 31.8 Å². The molecule has 34 heavy (non-hydrogen) atoms. The van der Waals surface area contributed by atoms with E-state index in [1.165, 1.54) is 25.6 Å². The minimum Gasteiger partial charge on any atom is -0.453 e. The molecule has 0 unspecified atom stereocenters. The Balaban J connectivity index is 1.79. The molecule has 4 aromatic rings. The van der Waals surface area contributed by atoms with Gasteiger partial charge in [-0.2, -0.15) is 0 Å². The lowest BCUT2D eigenvalue weighted by molar-refractivity contribution is 0.170. The number of nitrogens with one attached hydrogen (secondary N) is 2. The predicted octanol–water partition coefficient (Wildman–Crippen LogP) is 4.27. The number of aryl methyl sites for hydroxylation is 1. The summed E-state index contributed by atoms with van der Waals surface area (Å²) in [6.07, 6.45) is 2.36. The van der Waals surface area contributed by atoms with Crippen molar-refractivity contribution in [3.8, 4) is 22.6 Å². The van der Waals surface area contributed by atoms with Crippen molar-refractivity contribution in [2.75, 3.05) is 11.8 Å². The van der Waals surface area contributed by atoms with Crippen LogP contribution in [0.2, 0.25) is 0 Å². The van der Waals surface area contributed by atoms with Gasteiger partial charge in [0.2, 0.25) is 11.8 Å². The number of anilines is 1. The van der Waals surface area contributed by atoms with Crippen LogP contribution in [0.5, 0.6) is 0 Å². The van der Waals surface area contributed by atoms with Gasteiger partial charge in [0.05, 0.1) is 23.9 Å². The Labute approximate surface area is 196 Å². The number of hydrogen-bond donors (Lipinski definition) is 2. The normalized spacial score (nSPS) is 11.3. The molecule has 0 fully saturated rings. The molecule has 10 nitrogen and oxygen atoms in total. The molecule has 1 amide bonds. The molecule has 176 valence electrons. The number of ether oxygens (including phenoxy) is 1. The molecule has 0 saturated carbocycles. The number of alkyl carbamates (subject to hydrolysis) is 1. The number of rotatable bonds is 7. The Morgan fingerprint density at radius 2 is 1.91 bits per heavy atom. The Kier molecular flexibility index (Phi) is 6.37. The summed E-state index contributed by atoms with van der Waals surface area (Å²) in [5.74, 6) is 0.448. The zero-order chi connectivity index (χ0) is 24.3. The van der Waals surface area contributed by atoms with Crippen molar-refractivity contribution < 1.29 is 26.9 Å². The fraction of sp³-hybridized carbons (Fsp3) is 0.174. The lowest BCUT2D eigenvalue weighted by atomic mass is 9.97. The topological polar surface area (TPSA) is 137 Å². The molecule has 0 saturated heterocycles. The molecule has 0 atom stereocenters. The van der Waals surface area contributed by atoms with Crippen molar-refractivity contribution in [3.63, 3.8) is 0 Å². The van der Waals surface area contributed by atoms with Crippen LogP contribution in [0.1, 0.15) is 16.8 Å². The maximum atomic E-state index is 13.3. The maximum Gasteiger partial charge on any atom is 0.407 e. The summed E-state index contributed by atoms with van der Waals surface area (Å²) in [5, 5.41) is 6.44. The van der Waals surface area contributed by atoms with E-state index in [2.05, 4.69) is 24.9 Å². The van der Waals surface area contributed by atoms with Gasteiger partial charge >= 0.3 is 6.09 Å². The summed E-state index contributed by atoms with van der Waals surface area (Å²) in [5.41, 5.74) is 3.52. The van der Waals surface area contributed by atoms with E-state index >= 15 is 0 Å². The number of aromatic nitrogens is 2. The van der Waals surface area contributed by atoms with Crippen LogP contribution in [0.3, 0.4) is 0 Å². The van der Waals surface area contributed by atoms with Gasteiger partial charge in [0, 0.05) is 23.2 Å². The van der Waals surface area contributed by atoms with Crippen molar-refractivity contribution in [1.82, 2.24) is 15.5 Å². The standard InChI is InChI=1S/C23H22N4O6S/c1-14-15(2)26-33-21(14)27-34(29,30)20-7-5-4-6-19(20)18-9-8-16(22-24-10-11-32-22)12-17(18)13-25-23(28)31-3/h4-12,27H,13H2,1-3H3,(H,25,28). The van der Waals surface area contributed by atoms with Crippen LogP contribution >= 0.6 is 0 Å². The number of carbonyl (C=O) groups is 1. The van der Waals surface area contributed by atoms with Gasteiger partial charge in [0.25, 0.3) is 10.0 Å². The second-order valence-electron chi connectivity index (χ2n) is 7.38. The molecule has 0 bridgehead atoms. The fourth-order valence-corrected chi connectivity index (χ4v) is 4.62. The molecule has 0 radical (unpaired) electrons. The molecule has 2 aromatic heterocycles. The van der Waals surface area contributed by atoms with Crippen LogP contribution < -0.4 is 10.0 Å². The van der Waals surface area contributed by atoms with E-state index in [4.69, 9.17) is 8.94 Å². The highest BCUT2D eigenvalue weighted by molar-refractivity contribution is 7.92. The first-order chi connectivity index (χ1) is 16.3. The third-order valence-corrected chi connectivity index (χ3v) is 6.63. The molecule has 2 aromatic carbocycles. The van der Waals surface area contributed by atoms with Gasteiger partial charge in [-0.25, -0.2) is 22.9 Å². The Morgan fingerprint density at radius 1 is 1.12 bits per heavy atom. The maximum absolute atomic E-state index is 13.3. The monoisotopic (exact) mass is 482 g/mol. The van der Waals surface area contributed by atoms with E-state index < -0.39 is 16.1 Å². The molecule has 0 aliphatic heterocycles. The van der Waals surface area contributed by atoms with Crippen molar-refractivity contribution in [2.45, 2.75) is 25.3 Å². The highest BCUT2D eigenvalue weighted by Gasteiger charge is 2.24. The number of benzene rings is 2. The summed E-state index contributed by atoms with van der Waals surface area (Å²) >= 11 is 0. The third kappa shape index (κ3) is 4.64. The largest absolute Gasteiger partial charge is 0.453 e. The Morgan fingerprint density at radius 3 is 2.59 bits per heavy atom. The average Bonchev–Trinajstić information content (AvgIpc) is 3.49. The summed E-state index contributed by atoms with van der Waals surface area (Å²) in [6, 6.07) is 11.8. The van der Waals surface area contributed by atoms with Crippen molar-refractivity contribution in [2.24, 2.45) is 0 Å². The lowest BCUT2D eigenvalue weighted by Gasteiger charge is -2.16. The van der Waals surface area contributed by atoms with Gasteiger partial charge in [0.15, 0.2) is 0 Å². The van der Waals surface area contributed by atoms with Gasteiger partial charge in [-0.15, -0.1) is 0 Å². The number of nitrogens with zero attached hydrogens (tertiary/aromatic N) is 2. The molecular formula is C23H22N4O6S. The van der Waals surface area contributed by atoms with E-state index in [9.17, 15) is 13.2 Å². The molecule has 11 heteroatoms. The number of hydrogen-bond acceptors (Lipinski definition) is 8. The van der Waals surface area contributed by atoms with E-state index in [1.54, 1.807) is 50.2 Å². The first-order valence-corrected chi connectivity index (χ1v) is 11.7. The molecule has 0 aliphatic rings. The molecule has 0 spiro atoms. The summed E-state index contributed by atoms with van der Waals surface area (Å²) in [7, 11) is -2.77. The second kappa shape index (κ2) is 9.40. The van der Waals surface area contributed by atoms with Crippen molar-refractivity contribution in [1.29, 1.82) is 0 Å². The SMILES string of the molecule is COC(=O)NCc1cc(-c2ncco2)ccc1-c1ccccc1S(=O)(=O)Nc1onc(C)c1C. The van der Waals surface area contributed by atoms with Crippen LogP contribution in [0.15, 0.2) is 68.8 Å². The lowest BCUT2D eigenvalue weighted by Crippen LogP contribution is -2.22. The zero-order valence-corrected chi connectivity index (χ0v) is 19.5. The number of sulfonamides is 1. The van der Waals surface area contributed by atoms with E-state index in [0.717, 1.165) is 0 Å². The van der Waals surface area contributed by atoms with E-state index in [1.807, 2.05) is 0 Å². The van der Waals surface area contributed by atoms with Gasteiger partial charge in [-0.3, -0.25) is 0 Å². The fourth-order valence-electron chi connectivity index (χ4n) is 3.35. The molecule has 0 aliphatic carbocycles. The van der Waals surface area contributed by atoms with Crippen LogP contribution in [0.4, 0.5) is 10.7 Å². The molecular weight excluding hydrogens is 460 g/mol. The highest BCUT2D eigenvalue weighted by atomic mass is 32.2. The summed E-state index contributed by atoms with van der Waals surface area (Å²) < 4.78 is 44.3. The summed E-state index contributed by atoms with van der Waals surface area (Å²) in [6.45, 7) is 3.52. The average molecular weight is 483 g/mol. The number of carbonyl (C=O) groups excluding carboxylic acids is 1. The molecule has 2 heterocycles. The quantitative estimate of drug-likeness (QED) is 0.398. The van der Waals surface area contributed by atoms with Gasteiger partial charge in [-0.05, 0) is 43.2 Å². The van der Waals surface area contributed by atoms with Gasteiger partial charge in [0.1, 0.15) is 6.26 Å². The number of methoxy groups -OCH3 is 1. The van der Waals surface area contributed by atoms with Crippen molar-refractivity contribution >= 4 is 22.0 Å². The van der Waals surface area contributed by atoms with E-state index in [0.29, 0.717) is 39.4 Å². The molecule has 2 N–H and O–H groups in total. The van der Waals surface area contributed by atoms with Crippen LogP contribution in [-0.2, 0) is 21.3 Å². The highest BCUT2D eigenvalue weighted by Crippen LogP contribution is 2.34.